The van der Waals surface area contributed by atoms with Gasteiger partial charge in [0.25, 0.3) is 0 Å². The molecule has 0 aromatic carbocycles. The van der Waals surface area contributed by atoms with Crippen LogP contribution in [0.4, 0.5) is 0 Å². The van der Waals surface area contributed by atoms with Gasteiger partial charge in [0, 0.05) is 37.8 Å². The summed E-state index contributed by atoms with van der Waals surface area (Å²) >= 11 is 0. The Morgan fingerprint density at radius 2 is 1.75 bits per heavy atom. The highest BCUT2D eigenvalue weighted by molar-refractivity contribution is 5.12. The molecule has 20 heavy (non-hydrogen) atoms. The first-order chi connectivity index (χ1) is 9.29. The third kappa shape index (κ3) is 3.43. The van der Waals surface area contributed by atoms with Crippen LogP contribution in [0.2, 0.25) is 0 Å². The predicted octanol–water partition coefficient (Wildman–Crippen LogP) is 2.39. The summed E-state index contributed by atoms with van der Waals surface area (Å²) in [6, 6.07) is 4.35. The molecule has 2 unspecified atom stereocenters. The molecule has 1 aliphatic heterocycles. The lowest BCUT2D eigenvalue weighted by molar-refractivity contribution is 0.0315. The fraction of sp³-hybridized carbons (Fsp3) is 0.750. The summed E-state index contributed by atoms with van der Waals surface area (Å²) < 4.78 is 5.82. The molecule has 1 saturated heterocycles. The smallest absolute Gasteiger partial charge is 0.122 e. The van der Waals surface area contributed by atoms with Gasteiger partial charge in [-0.05, 0) is 46.8 Å². The Bertz CT molecular complexity index is 425. The minimum atomic E-state index is 0.0711. The fourth-order valence-electron chi connectivity index (χ4n) is 3.05. The van der Waals surface area contributed by atoms with E-state index >= 15 is 0 Å². The number of nitrogens with zero attached hydrogens (tertiary/aromatic N) is 2. The standard InChI is InChI=1S/C16H29N3O/c1-12-6-7-14(20-12)15(13(2)17)18-8-10-19(11-9-18)16(3,4)5/h6-7,13,15H,8-11,17H2,1-5H3. The minimum absolute atomic E-state index is 0.0711. The van der Waals surface area contributed by atoms with Crippen molar-refractivity contribution in [1.82, 2.24) is 9.80 Å². The number of piperazine rings is 1. The molecule has 2 N–H and O–H groups in total. The molecule has 0 bridgehead atoms. The molecule has 1 fully saturated rings. The van der Waals surface area contributed by atoms with E-state index in [1.54, 1.807) is 0 Å². The van der Waals surface area contributed by atoms with Gasteiger partial charge in [-0.2, -0.15) is 0 Å². The van der Waals surface area contributed by atoms with Crippen LogP contribution in [0.5, 0.6) is 0 Å². The first kappa shape index (κ1) is 15.5. The summed E-state index contributed by atoms with van der Waals surface area (Å²) in [7, 11) is 0. The number of furan rings is 1. The molecule has 1 aliphatic rings. The minimum Gasteiger partial charge on any atom is -0.465 e. The van der Waals surface area contributed by atoms with Gasteiger partial charge in [-0.25, -0.2) is 0 Å². The van der Waals surface area contributed by atoms with Crippen molar-refractivity contribution in [3.8, 4) is 0 Å². The molecular weight excluding hydrogens is 250 g/mol. The Hall–Kier alpha value is -0.840. The normalized spacial score (nSPS) is 21.9. The van der Waals surface area contributed by atoms with Gasteiger partial charge in [0.15, 0.2) is 0 Å². The van der Waals surface area contributed by atoms with Gasteiger partial charge >= 0.3 is 0 Å². The average Bonchev–Trinajstić information content (AvgIpc) is 2.75. The average molecular weight is 279 g/mol. The van der Waals surface area contributed by atoms with Crippen molar-refractivity contribution in [2.24, 2.45) is 5.73 Å². The zero-order chi connectivity index (χ0) is 14.9. The number of hydrogen-bond donors (Lipinski definition) is 1. The number of aryl methyl sites for hydroxylation is 1. The Morgan fingerprint density at radius 3 is 2.15 bits per heavy atom. The second kappa shape index (κ2) is 5.88. The molecule has 2 atom stereocenters. The maximum absolute atomic E-state index is 6.21. The van der Waals surface area contributed by atoms with Crippen LogP contribution in [0.25, 0.3) is 0 Å². The van der Waals surface area contributed by atoms with Crippen LogP contribution in [0.15, 0.2) is 16.5 Å². The van der Waals surface area contributed by atoms with Crippen LogP contribution < -0.4 is 5.73 Å². The second-order valence-corrected chi connectivity index (χ2v) is 6.95. The number of hydrogen-bond acceptors (Lipinski definition) is 4. The van der Waals surface area contributed by atoms with Gasteiger partial charge in [-0.15, -0.1) is 0 Å². The van der Waals surface area contributed by atoms with E-state index < -0.39 is 0 Å². The Kier molecular flexibility index (Phi) is 4.57. The van der Waals surface area contributed by atoms with E-state index in [1.807, 2.05) is 13.0 Å². The summed E-state index contributed by atoms with van der Waals surface area (Å²) in [5, 5.41) is 0. The molecule has 0 spiro atoms. The summed E-state index contributed by atoms with van der Waals surface area (Å²) in [5.41, 5.74) is 6.46. The van der Waals surface area contributed by atoms with Crippen LogP contribution in [0.1, 0.15) is 45.3 Å². The first-order valence-electron chi connectivity index (χ1n) is 7.60. The molecule has 0 saturated carbocycles. The van der Waals surface area contributed by atoms with Gasteiger partial charge in [0.05, 0.1) is 6.04 Å². The summed E-state index contributed by atoms with van der Waals surface area (Å²) in [6.45, 7) is 15.2. The van der Waals surface area contributed by atoms with Crippen LogP contribution in [-0.2, 0) is 0 Å². The fourth-order valence-corrected chi connectivity index (χ4v) is 3.05. The maximum atomic E-state index is 6.21. The van der Waals surface area contributed by atoms with Gasteiger partial charge in [-0.3, -0.25) is 9.80 Å². The SMILES string of the molecule is Cc1ccc(C(C(C)N)N2CCN(C(C)(C)C)CC2)o1. The first-order valence-corrected chi connectivity index (χ1v) is 7.60. The van der Waals surface area contributed by atoms with Crippen molar-refractivity contribution in [3.05, 3.63) is 23.7 Å². The van der Waals surface area contributed by atoms with Gasteiger partial charge in [-0.1, -0.05) is 0 Å². The zero-order valence-corrected chi connectivity index (χ0v) is 13.5. The molecule has 4 heteroatoms. The highest BCUT2D eigenvalue weighted by Crippen LogP contribution is 2.27. The van der Waals surface area contributed by atoms with Crippen LogP contribution >= 0.6 is 0 Å². The third-order valence-electron chi connectivity index (χ3n) is 4.21. The maximum Gasteiger partial charge on any atom is 0.122 e. The topological polar surface area (TPSA) is 45.6 Å². The molecule has 0 amide bonds. The van der Waals surface area contributed by atoms with E-state index in [2.05, 4.69) is 43.6 Å². The summed E-state index contributed by atoms with van der Waals surface area (Å²) in [5.74, 6) is 1.96. The zero-order valence-electron chi connectivity index (χ0n) is 13.5. The molecule has 1 aromatic heterocycles. The lowest BCUT2D eigenvalue weighted by Crippen LogP contribution is -2.55. The highest BCUT2D eigenvalue weighted by atomic mass is 16.3. The van der Waals surface area contributed by atoms with Gasteiger partial charge < -0.3 is 10.2 Å². The summed E-state index contributed by atoms with van der Waals surface area (Å²) in [6.07, 6.45) is 0. The van der Waals surface area contributed by atoms with E-state index in [9.17, 15) is 0 Å². The molecule has 2 rings (SSSR count). The molecule has 1 aromatic rings. The van der Waals surface area contributed by atoms with Crippen molar-refractivity contribution < 1.29 is 4.42 Å². The monoisotopic (exact) mass is 279 g/mol. The van der Waals surface area contributed by atoms with Gasteiger partial charge in [0.1, 0.15) is 11.5 Å². The van der Waals surface area contributed by atoms with Crippen LogP contribution in [-0.4, -0.2) is 47.6 Å². The van der Waals surface area contributed by atoms with E-state index in [0.717, 1.165) is 37.7 Å². The molecular formula is C16H29N3O. The van der Waals surface area contributed by atoms with Crippen molar-refractivity contribution in [1.29, 1.82) is 0 Å². The van der Waals surface area contributed by atoms with E-state index in [-0.39, 0.29) is 17.6 Å². The molecule has 2 heterocycles. The second-order valence-electron chi connectivity index (χ2n) is 6.95. The Balaban J connectivity index is 2.06. The molecule has 0 aliphatic carbocycles. The Morgan fingerprint density at radius 1 is 1.15 bits per heavy atom. The molecule has 0 radical (unpaired) electrons. The van der Waals surface area contributed by atoms with E-state index in [4.69, 9.17) is 10.2 Å². The quantitative estimate of drug-likeness (QED) is 0.923. The van der Waals surface area contributed by atoms with E-state index in [1.165, 1.54) is 0 Å². The lowest BCUT2D eigenvalue weighted by atomic mass is 10.0. The van der Waals surface area contributed by atoms with Crippen LogP contribution in [0.3, 0.4) is 0 Å². The van der Waals surface area contributed by atoms with Crippen molar-refractivity contribution in [2.75, 3.05) is 26.2 Å². The molecule has 4 nitrogen and oxygen atoms in total. The number of rotatable bonds is 3. The number of nitrogens with two attached hydrogens (primary N) is 1. The highest BCUT2D eigenvalue weighted by Gasteiger charge is 2.32. The largest absolute Gasteiger partial charge is 0.465 e. The molecule has 114 valence electrons. The van der Waals surface area contributed by atoms with Crippen LogP contribution in [0, 0.1) is 6.92 Å². The predicted molar refractivity (Wildman–Crippen MR) is 82.7 cm³/mol. The van der Waals surface area contributed by atoms with Gasteiger partial charge in [0.2, 0.25) is 0 Å². The summed E-state index contributed by atoms with van der Waals surface area (Å²) in [4.78, 5) is 5.00. The Labute approximate surface area is 122 Å². The van der Waals surface area contributed by atoms with Crippen molar-refractivity contribution in [3.63, 3.8) is 0 Å². The lowest BCUT2D eigenvalue weighted by Gasteiger charge is -2.45. The third-order valence-corrected chi connectivity index (χ3v) is 4.21. The van der Waals surface area contributed by atoms with E-state index in [0.29, 0.717) is 0 Å². The van der Waals surface area contributed by atoms with Crippen molar-refractivity contribution in [2.45, 2.75) is 52.2 Å². The van der Waals surface area contributed by atoms with Crippen molar-refractivity contribution >= 4 is 0 Å².